The Labute approximate surface area is 232 Å². The number of aliphatic carboxylic acids is 1. The fourth-order valence-corrected chi connectivity index (χ4v) is 4.13. The Hall–Kier alpha value is -4.17. The number of amides is 3. The van der Waals surface area contributed by atoms with Crippen molar-refractivity contribution in [1.29, 1.82) is 0 Å². The maximum atomic E-state index is 13.1. The van der Waals surface area contributed by atoms with Crippen LogP contribution in [0.25, 0.3) is 10.9 Å². The SMILES string of the molecule is CC(C)CC(N)C(=O)NC(CCCN=C(N)N)C(=O)NC(CO)C(=O)NC(Cc1c[nH]c2ccccc12)C(=O)O. The number of aromatic nitrogens is 1. The van der Waals surface area contributed by atoms with Gasteiger partial charge < -0.3 is 48.3 Å². The van der Waals surface area contributed by atoms with E-state index in [9.17, 15) is 29.4 Å². The fourth-order valence-electron chi connectivity index (χ4n) is 4.13. The number of hydrogen-bond acceptors (Lipinski definition) is 7. The van der Waals surface area contributed by atoms with E-state index in [1.54, 1.807) is 6.20 Å². The summed E-state index contributed by atoms with van der Waals surface area (Å²) in [7, 11) is 0. The van der Waals surface area contributed by atoms with Crippen LogP contribution in [0.1, 0.15) is 38.7 Å². The quantitative estimate of drug-likeness (QED) is 0.0669. The summed E-state index contributed by atoms with van der Waals surface area (Å²) in [6.45, 7) is 3.19. The van der Waals surface area contributed by atoms with Gasteiger partial charge in [-0.15, -0.1) is 0 Å². The number of aromatic amines is 1. The zero-order chi connectivity index (χ0) is 29.8. The second-order valence-electron chi connectivity index (χ2n) is 9.95. The van der Waals surface area contributed by atoms with E-state index in [2.05, 4.69) is 25.9 Å². The number of aliphatic imine (C=N–C) groups is 1. The van der Waals surface area contributed by atoms with Crippen molar-refractivity contribution in [2.45, 2.75) is 63.7 Å². The zero-order valence-electron chi connectivity index (χ0n) is 22.7. The Morgan fingerprint density at radius 2 is 1.60 bits per heavy atom. The van der Waals surface area contributed by atoms with Crippen LogP contribution in [0.15, 0.2) is 35.5 Å². The van der Waals surface area contributed by atoms with E-state index in [1.807, 2.05) is 38.1 Å². The van der Waals surface area contributed by atoms with Crippen molar-refractivity contribution in [3.05, 3.63) is 36.0 Å². The predicted octanol–water partition coefficient (Wildman–Crippen LogP) is -1.33. The number of aliphatic hydroxyl groups is 1. The van der Waals surface area contributed by atoms with E-state index < -0.39 is 54.5 Å². The molecule has 0 saturated carbocycles. The number of carboxylic acid groups (broad SMARTS) is 1. The number of benzene rings is 1. The van der Waals surface area contributed by atoms with Gasteiger partial charge in [-0.2, -0.15) is 0 Å². The average molecular weight is 561 g/mol. The van der Waals surface area contributed by atoms with Crippen LogP contribution in [0.4, 0.5) is 0 Å². The molecule has 2 rings (SSSR count). The lowest BCUT2D eigenvalue weighted by Gasteiger charge is -2.24. The van der Waals surface area contributed by atoms with Gasteiger partial charge in [-0.1, -0.05) is 32.0 Å². The minimum atomic E-state index is -1.47. The van der Waals surface area contributed by atoms with Crippen LogP contribution in [0.5, 0.6) is 0 Å². The van der Waals surface area contributed by atoms with Crippen LogP contribution in [-0.2, 0) is 25.6 Å². The molecule has 1 heterocycles. The lowest BCUT2D eigenvalue weighted by molar-refractivity contribution is -0.142. The number of rotatable bonds is 16. The van der Waals surface area contributed by atoms with Crippen molar-refractivity contribution >= 4 is 40.6 Å². The lowest BCUT2D eigenvalue weighted by atomic mass is 10.0. The van der Waals surface area contributed by atoms with E-state index in [0.29, 0.717) is 18.4 Å². The molecule has 12 N–H and O–H groups in total. The molecule has 40 heavy (non-hydrogen) atoms. The highest BCUT2D eigenvalue weighted by Gasteiger charge is 2.30. The summed E-state index contributed by atoms with van der Waals surface area (Å²) in [5.74, 6) is -3.47. The van der Waals surface area contributed by atoms with Crippen molar-refractivity contribution in [3.63, 3.8) is 0 Å². The van der Waals surface area contributed by atoms with Gasteiger partial charge in [0.25, 0.3) is 0 Å². The number of guanidine groups is 1. The van der Waals surface area contributed by atoms with Crippen molar-refractivity contribution in [2.24, 2.45) is 28.1 Å². The van der Waals surface area contributed by atoms with Crippen molar-refractivity contribution in [2.75, 3.05) is 13.2 Å². The molecule has 1 aromatic heterocycles. The predicted molar refractivity (Wildman–Crippen MR) is 150 cm³/mol. The molecule has 0 spiro atoms. The second-order valence-corrected chi connectivity index (χ2v) is 9.95. The van der Waals surface area contributed by atoms with Crippen LogP contribution in [0.2, 0.25) is 0 Å². The van der Waals surface area contributed by atoms with Gasteiger partial charge in [0.1, 0.15) is 18.1 Å². The number of carboxylic acids is 1. The summed E-state index contributed by atoms with van der Waals surface area (Å²) in [6.07, 6.45) is 2.45. The maximum Gasteiger partial charge on any atom is 0.326 e. The van der Waals surface area contributed by atoms with E-state index in [4.69, 9.17) is 17.2 Å². The number of nitrogens with one attached hydrogen (secondary N) is 4. The van der Waals surface area contributed by atoms with Crippen LogP contribution in [0, 0.1) is 5.92 Å². The Morgan fingerprint density at radius 3 is 2.23 bits per heavy atom. The number of H-pyrrole nitrogens is 1. The standard InChI is InChI=1S/C26H40N8O6/c1-14(2)10-17(27)22(36)32-19(8-5-9-30-26(28)29)23(37)34-21(13-35)24(38)33-20(25(39)40)11-15-12-31-18-7-4-3-6-16(15)18/h3-4,6-7,12,14,17,19-21,31,35H,5,8-11,13,27H2,1-2H3,(H,32,36)(H,33,38)(H,34,37)(H,39,40)(H4,28,29,30). The highest BCUT2D eigenvalue weighted by atomic mass is 16.4. The first-order valence-electron chi connectivity index (χ1n) is 13.0. The van der Waals surface area contributed by atoms with Crippen LogP contribution in [0.3, 0.4) is 0 Å². The normalized spacial score (nSPS) is 14.1. The molecule has 14 nitrogen and oxygen atoms in total. The fraction of sp³-hybridized carbons (Fsp3) is 0.500. The summed E-state index contributed by atoms with van der Waals surface area (Å²) in [6, 6.07) is 2.55. The molecule has 4 unspecified atom stereocenters. The van der Waals surface area contributed by atoms with Gasteiger partial charge in [-0.3, -0.25) is 19.4 Å². The molecule has 0 radical (unpaired) electrons. The van der Waals surface area contributed by atoms with E-state index >= 15 is 0 Å². The Bertz CT molecular complexity index is 1190. The topological polar surface area (TPSA) is 251 Å². The van der Waals surface area contributed by atoms with Crippen LogP contribution in [-0.4, -0.2) is 82.2 Å². The number of aliphatic hydroxyl groups excluding tert-OH is 1. The largest absolute Gasteiger partial charge is 0.480 e. The molecule has 2 aromatic rings. The Balaban J connectivity index is 2.10. The molecule has 3 amide bonds. The Morgan fingerprint density at radius 1 is 0.975 bits per heavy atom. The number of para-hydroxylation sites is 1. The Kier molecular flexibility index (Phi) is 12.4. The summed E-state index contributed by atoms with van der Waals surface area (Å²) in [5, 5.41) is 27.7. The van der Waals surface area contributed by atoms with E-state index in [-0.39, 0.29) is 31.3 Å². The molecule has 14 heteroatoms. The number of nitrogens with two attached hydrogens (primary N) is 3. The molecule has 0 aliphatic heterocycles. The first-order valence-corrected chi connectivity index (χ1v) is 13.0. The smallest absolute Gasteiger partial charge is 0.326 e. The first-order chi connectivity index (χ1) is 18.9. The summed E-state index contributed by atoms with van der Waals surface area (Å²) in [5.41, 5.74) is 18.1. The van der Waals surface area contributed by atoms with Crippen LogP contribution < -0.4 is 33.2 Å². The highest BCUT2D eigenvalue weighted by Crippen LogP contribution is 2.19. The van der Waals surface area contributed by atoms with Crippen LogP contribution >= 0.6 is 0 Å². The van der Waals surface area contributed by atoms with Gasteiger partial charge in [-0.05, 0) is 36.8 Å². The van der Waals surface area contributed by atoms with Gasteiger partial charge in [0.15, 0.2) is 5.96 Å². The summed E-state index contributed by atoms with van der Waals surface area (Å²) in [4.78, 5) is 57.4. The number of fused-ring (bicyclic) bond motifs is 1. The third-order valence-electron chi connectivity index (χ3n) is 6.17. The molecule has 0 fully saturated rings. The van der Waals surface area contributed by atoms with Gasteiger partial charge >= 0.3 is 5.97 Å². The third kappa shape index (κ3) is 9.85. The van der Waals surface area contributed by atoms with Gasteiger partial charge in [-0.25, -0.2) is 4.79 Å². The summed E-state index contributed by atoms with van der Waals surface area (Å²) < 4.78 is 0. The zero-order valence-corrected chi connectivity index (χ0v) is 22.7. The average Bonchev–Trinajstić information content (AvgIpc) is 3.30. The van der Waals surface area contributed by atoms with E-state index in [1.165, 1.54) is 0 Å². The number of nitrogens with zero attached hydrogens (tertiary/aromatic N) is 1. The molecule has 220 valence electrons. The summed E-state index contributed by atoms with van der Waals surface area (Å²) >= 11 is 0. The van der Waals surface area contributed by atoms with Crippen molar-refractivity contribution in [3.8, 4) is 0 Å². The number of hydrogen-bond donors (Lipinski definition) is 9. The van der Waals surface area contributed by atoms with Gasteiger partial charge in [0, 0.05) is 30.1 Å². The minimum absolute atomic E-state index is 0.0333. The molecule has 0 bridgehead atoms. The minimum Gasteiger partial charge on any atom is -0.480 e. The first kappa shape index (κ1) is 32.0. The molecular weight excluding hydrogens is 520 g/mol. The molecule has 1 aromatic carbocycles. The highest BCUT2D eigenvalue weighted by molar-refractivity contribution is 5.94. The number of carbonyl (C=O) groups is 4. The van der Waals surface area contributed by atoms with Crippen molar-refractivity contribution in [1.82, 2.24) is 20.9 Å². The molecule has 0 saturated heterocycles. The second kappa shape index (κ2) is 15.4. The van der Waals surface area contributed by atoms with Crippen molar-refractivity contribution < 1.29 is 29.4 Å². The van der Waals surface area contributed by atoms with Gasteiger partial charge in [0.05, 0.1) is 12.6 Å². The molecule has 4 atom stereocenters. The third-order valence-corrected chi connectivity index (χ3v) is 6.17. The maximum absolute atomic E-state index is 13.1. The monoisotopic (exact) mass is 560 g/mol. The molecule has 0 aliphatic carbocycles. The number of carbonyl (C=O) groups excluding carboxylic acids is 3. The molecule has 0 aliphatic rings. The van der Waals surface area contributed by atoms with Gasteiger partial charge in [0.2, 0.25) is 17.7 Å². The molecular formula is C26H40N8O6. The van der Waals surface area contributed by atoms with E-state index in [0.717, 1.165) is 10.9 Å². The lowest BCUT2D eigenvalue weighted by Crippen LogP contribution is -2.58.